The third-order valence-electron chi connectivity index (χ3n) is 13.3. The van der Waals surface area contributed by atoms with Crippen molar-refractivity contribution < 1.29 is 28.6 Å². The van der Waals surface area contributed by atoms with Crippen molar-refractivity contribution in [2.45, 2.75) is 277 Å². The minimum Gasteiger partial charge on any atom is -0.462 e. The molecular weight excluding hydrogens is 985 g/mol. The van der Waals surface area contributed by atoms with Gasteiger partial charge in [0.05, 0.1) is 0 Å². The highest BCUT2D eigenvalue weighted by molar-refractivity contribution is 5.71. The van der Waals surface area contributed by atoms with E-state index in [4.69, 9.17) is 14.2 Å². The number of hydrogen-bond acceptors (Lipinski definition) is 6. The SMILES string of the molecule is CC/C=C\C/C=C\C/C=C\C/C=C\C/C=C\C/C=C\C/C=C\CCCCCC(=O)OC(COC(=O)CCCCCCCCCC)COC(=O)CCCCCCCCCCCC/C=C\C/C=C\C/C=C\C/C=C\C/C=C\C/C=C\CC. The second-order valence-corrected chi connectivity index (χ2v) is 20.9. The highest BCUT2D eigenvalue weighted by Crippen LogP contribution is 2.15. The summed E-state index contributed by atoms with van der Waals surface area (Å²) in [7, 11) is 0. The second kappa shape index (κ2) is 66.5. The molecule has 1 unspecified atom stereocenters. The third-order valence-corrected chi connectivity index (χ3v) is 13.3. The van der Waals surface area contributed by atoms with Gasteiger partial charge in [-0.2, -0.15) is 0 Å². The number of ether oxygens (including phenoxy) is 3. The van der Waals surface area contributed by atoms with E-state index in [2.05, 4.69) is 179 Å². The number of carbonyl (C=O) groups excluding carboxylic acids is 3. The lowest BCUT2D eigenvalue weighted by Crippen LogP contribution is -2.30. The quantitative estimate of drug-likeness (QED) is 0.0261. The monoisotopic (exact) mass is 1100 g/mol. The molecule has 6 heteroatoms. The first-order valence-electron chi connectivity index (χ1n) is 32.5. The largest absolute Gasteiger partial charge is 0.462 e. The van der Waals surface area contributed by atoms with E-state index in [0.717, 1.165) is 148 Å². The molecule has 0 aliphatic carbocycles. The van der Waals surface area contributed by atoms with Gasteiger partial charge in [-0.05, 0) is 128 Å². The lowest BCUT2D eigenvalue weighted by Gasteiger charge is -2.18. The maximum Gasteiger partial charge on any atom is 0.306 e. The molecule has 1 atom stereocenters. The Morgan fingerprint density at radius 3 is 0.775 bits per heavy atom. The van der Waals surface area contributed by atoms with Gasteiger partial charge < -0.3 is 14.2 Å². The van der Waals surface area contributed by atoms with Crippen molar-refractivity contribution in [3.05, 3.63) is 158 Å². The second-order valence-electron chi connectivity index (χ2n) is 20.9. The van der Waals surface area contributed by atoms with Gasteiger partial charge in [-0.1, -0.05) is 281 Å². The zero-order valence-corrected chi connectivity index (χ0v) is 51.5. The van der Waals surface area contributed by atoms with E-state index in [9.17, 15) is 14.4 Å². The predicted octanol–water partition coefficient (Wildman–Crippen LogP) is 22.5. The Bertz CT molecular complexity index is 1790. The Morgan fingerprint density at radius 2 is 0.487 bits per heavy atom. The summed E-state index contributed by atoms with van der Waals surface area (Å²) < 4.78 is 16.8. The van der Waals surface area contributed by atoms with Crippen molar-refractivity contribution in [2.24, 2.45) is 0 Å². The molecule has 0 amide bonds. The van der Waals surface area contributed by atoms with Crippen LogP contribution in [0.25, 0.3) is 0 Å². The molecule has 0 aromatic heterocycles. The van der Waals surface area contributed by atoms with Crippen molar-refractivity contribution in [2.75, 3.05) is 13.2 Å². The fourth-order valence-corrected chi connectivity index (χ4v) is 8.48. The highest BCUT2D eigenvalue weighted by Gasteiger charge is 2.19. The van der Waals surface area contributed by atoms with Crippen LogP contribution < -0.4 is 0 Å². The zero-order valence-electron chi connectivity index (χ0n) is 51.5. The van der Waals surface area contributed by atoms with Crippen molar-refractivity contribution in [1.82, 2.24) is 0 Å². The minimum absolute atomic E-state index is 0.0973. The van der Waals surface area contributed by atoms with E-state index in [-0.39, 0.29) is 37.5 Å². The first-order valence-corrected chi connectivity index (χ1v) is 32.5. The zero-order chi connectivity index (χ0) is 57.8. The molecule has 0 bridgehead atoms. The summed E-state index contributed by atoms with van der Waals surface area (Å²) in [4.78, 5) is 38.2. The molecule has 0 rings (SSSR count). The fourth-order valence-electron chi connectivity index (χ4n) is 8.48. The van der Waals surface area contributed by atoms with Crippen LogP contribution in [0.15, 0.2) is 158 Å². The average Bonchev–Trinajstić information content (AvgIpc) is 3.46. The van der Waals surface area contributed by atoms with Gasteiger partial charge in [0.15, 0.2) is 6.10 Å². The molecule has 0 aliphatic heterocycles. The molecule has 0 heterocycles. The molecular formula is C74H118O6. The van der Waals surface area contributed by atoms with Gasteiger partial charge >= 0.3 is 17.9 Å². The summed E-state index contributed by atoms with van der Waals surface area (Å²) in [6, 6.07) is 0. The van der Waals surface area contributed by atoms with Gasteiger partial charge in [-0.15, -0.1) is 0 Å². The number of carbonyl (C=O) groups is 3. The van der Waals surface area contributed by atoms with E-state index >= 15 is 0 Å². The fraction of sp³-hybridized carbons (Fsp3) is 0.608. The number of unbranched alkanes of at least 4 members (excludes halogenated alkanes) is 20. The Kier molecular flexibility index (Phi) is 62.4. The number of rotatable bonds is 57. The molecule has 0 saturated carbocycles. The maximum absolute atomic E-state index is 12.9. The van der Waals surface area contributed by atoms with Crippen LogP contribution in [0.1, 0.15) is 271 Å². The van der Waals surface area contributed by atoms with Gasteiger partial charge in [0.1, 0.15) is 13.2 Å². The van der Waals surface area contributed by atoms with Crippen molar-refractivity contribution in [1.29, 1.82) is 0 Å². The van der Waals surface area contributed by atoms with E-state index in [1.807, 2.05) is 0 Å². The summed E-state index contributed by atoms with van der Waals surface area (Å²) in [5.74, 6) is -0.942. The number of allylic oxidation sites excluding steroid dienone is 26. The van der Waals surface area contributed by atoms with Gasteiger partial charge in [0.2, 0.25) is 0 Å². The van der Waals surface area contributed by atoms with Crippen LogP contribution in [0.5, 0.6) is 0 Å². The van der Waals surface area contributed by atoms with Gasteiger partial charge in [-0.25, -0.2) is 0 Å². The number of esters is 3. The Hall–Kier alpha value is -4.97. The Balaban J connectivity index is 4.28. The minimum atomic E-state index is -0.803. The standard InChI is InChI=1S/C74H118O6/c1-4-7-10-13-16-19-21-23-25-27-29-31-33-35-36-37-38-40-41-43-45-47-49-51-53-55-58-61-64-67-73(76)79-70-71(69-78-72(75)66-63-60-57-18-15-12-9-6-3)80-74(77)68-65-62-59-56-54-52-50-48-46-44-42-39-34-32-30-28-26-24-22-20-17-14-11-8-5-2/h7-8,10-11,16-17,19-20,23-26,29-32,35-36,38-40,42,46,48,52,54,71H,4-6,9,12-15,18,21-22,27-28,33-34,37,41,43-45,47,49-51,53,55-70H2,1-3H3/b10-7-,11-8-,19-16-,20-17-,25-23-,26-24-,31-29-,32-30-,36-35-,40-38-,42-39-,48-46-,54-52-. The predicted molar refractivity (Wildman–Crippen MR) is 348 cm³/mol. The van der Waals surface area contributed by atoms with Crippen LogP contribution in [-0.2, 0) is 28.6 Å². The van der Waals surface area contributed by atoms with Gasteiger partial charge in [-0.3, -0.25) is 14.4 Å². The van der Waals surface area contributed by atoms with Gasteiger partial charge in [0, 0.05) is 19.3 Å². The van der Waals surface area contributed by atoms with Crippen LogP contribution in [0.2, 0.25) is 0 Å². The summed E-state index contributed by atoms with van der Waals surface area (Å²) >= 11 is 0. The Labute approximate surface area is 492 Å². The Morgan fingerprint density at radius 1 is 0.263 bits per heavy atom. The van der Waals surface area contributed by atoms with E-state index in [1.165, 1.54) is 83.5 Å². The van der Waals surface area contributed by atoms with Crippen LogP contribution in [-0.4, -0.2) is 37.2 Å². The molecule has 0 radical (unpaired) electrons. The van der Waals surface area contributed by atoms with E-state index in [1.54, 1.807) is 0 Å². The normalized spacial score (nSPS) is 13.2. The molecule has 0 aromatic rings. The molecule has 0 aliphatic rings. The van der Waals surface area contributed by atoms with Crippen LogP contribution >= 0.6 is 0 Å². The molecule has 0 saturated heterocycles. The van der Waals surface area contributed by atoms with E-state index in [0.29, 0.717) is 12.8 Å². The van der Waals surface area contributed by atoms with Gasteiger partial charge in [0.25, 0.3) is 0 Å². The first-order chi connectivity index (χ1) is 39.5. The lowest BCUT2D eigenvalue weighted by molar-refractivity contribution is -0.167. The smallest absolute Gasteiger partial charge is 0.306 e. The summed E-state index contributed by atoms with van der Waals surface area (Å²) in [5, 5.41) is 0. The third kappa shape index (κ3) is 63.9. The van der Waals surface area contributed by atoms with E-state index < -0.39 is 6.10 Å². The number of hydrogen-bond donors (Lipinski definition) is 0. The highest BCUT2D eigenvalue weighted by atomic mass is 16.6. The van der Waals surface area contributed by atoms with Crippen LogP contribution in [0.3, 0.4) is 0 Å². The first kappa shape index (κ1) is 75.0. The van der Waals surface area contributed by atoms with Crippen LogP contribution in [0.4, 0.5) is 0 Å². The lowest BCUT2D eigenvalue weighted by atomic mass is 10.1. The van der Waals surface area contributed by atoms with Crippen molar-refractivity contribution in [3.63, 3.8) is 0 Å². The molecule has 0 spiro atoms. The topological polar surface area (TPSA) is 78.9 Å². The van der Waals surface area contributed by atoms with Crippen molar-refractivity contribution >= 4 is 17.9 Å². The molecule has 0 fully saturated rings. The molecule has 6 nitrogen and oxygen atoms in total. The van der Waals surface area contributed by atoms with Crippen molar-refractivity contribution in [3.8, 4) is 0 Å². The molecule has 450 valence electrons. The molecule has 80 heavy (non-hydrogen) atoms. The summed E-state index contributed by atoms with van der Waals surface area (Å²) in [5.41, 5.74) is 0. The summed E-state index contributed by atoms with van der Waals surface area (Å²) in [6.45, 7) is 6.35. The maximum atomic E-state index is 12.9. The summed E-state index contributed by atoms with van der Waals surface area (Å²) in [6.07, 6.45) is 96.9. The molecule has 0 N–H and O–H groups in total. The average molecular weight is 1100 g/mol. The molecule has 0 aromatic carbocycles. The van der Waals surface area contributed by atoms with Crippen LogP contribution in [0, 0.1) is 0 Å².